The highest BCUT2D eigenvalue weighted by molar-refractivity contribution is 7.14. The van der Waals surface area contributed by atoms with Crippen LogP contribution in [0.2, 0.25) is 5.02 Å². The van der Waals surface area contributed by atoms with E-state index in [1.807, 2.05) is 59.6 Å². The van der Waals surface area contributed by atoms with Crippen LogP contribution in [0.5, 0.6) is 0 Å². The number of hydrogen-bond donors (Lipinski definition) is 1. The highest BCUT2D eigenvalue weighted by Gasteiger charge is 2.32. The summed E-state index contributed by atoms with van der Waals surface area (Å²) in [5, 5.41) is 24.4. The van der Waals surface area contributed by atoms with Crippen molar-refractivity contribution in [1.82, 2.24) is 10.4 Å². The van der Waals surface area contributed by atoms with E-state index in [2.05, 4.69) is 15.5 Å². The molecule has 1 atom stereocenters. The number of nitrogens with zero attached hydrogens (tertiary/aromatic N) is 5. The van der Waals surface area contributed by atoms with Gasteiger partial charge in [-0.1, -0.05) is 66.2 Å². The maximum Gasteiger partial charge on any atom is 0.290 e. The number of rotatable bonds is 7. The molecule has 1 aliphatic rings. The number of hydrogen-bond acceptors (Lipinski definition) is 8. The van der Waals surface area contributed by atoms with Gasteiger partial charge in [-0.2, -0.15) is 10.2 Å². The van der Waals surface area contributed by atoms with E-state index in [1.165, 1.54) is 29.7 Å². The molecule has 0 fully saturated rings. The van der Waals surface area contributed by atoms with Crippen LogP contribution in [0.15, 0.2) is 94.4 Å². The van der Waals surface area contributed by atoms with Crippen molar-refractivity contribution in [3.05, 3.63) is 122 Å². The number of non-ortho nitro benzene ring substituents is 1. The first-order valence-electron chi connectivity index (χ1n) is 11.2. The second-order valence-electron chi connectivity index (χ2n) is 8.10. The summed E-state index contributed by atoms with van der Waals surface area (Å²) in [5.74, 6) is -0.501. The minimum Gasteiger partial charge on any atom is -0.266 e. The average molecular weight is 531 g/mol. The van der Waals surface area contributed by atoms with Gasteiger partial charge >= 0.3 is 0 Å². The fraction of sp³-hybridized carbons (Fsp3) is 0.0769. The maximum absolute atomic E-state index is 12.7. The van der Waals surface area contributed by atoms with Crippen LogP contribution in [0.3, 0.4) is 0 Å². The van der Waals surface area contributed by atoms with Gasteiger partial charge in [0.15, 0.2) is 0 Å². The molecule has 1 unspecified atom stereocenters. The Bertz CT molecular complexity index is 1500. The van der Waals surface area contributed by atoms with Gasteiger partial charge in [-0.15, -0.1) is 11.3 Å². The highest BCUT2D eigenvalue weighted by Crippen LogP contribution is 2.38. The monoisotopic (exact) mass is 530 g/mol. The van der Waals surface area contributed by atoms with Crippen LogP contribution in [0.4, 0.5) is 10.8 Å². The molecule has 0 radical (unpaired) electrons. The lowest BCUT2D eigenvalue weighted by Gasteiger charge is -2.21. The summed E-state index contributed by atoms with van der Waals surface area (Å²) in [4.78, 5) is 27.6. The lowest BCUT2D eigenvalue weighted by atomic mass is 9.99. The number of benzene rings is 3. The van der Waals surface area contributed by atoms with Gasteiger partial charge in [-0.05, 0) is 23.3 Å². The van der Waals surface area contributed by atoms with E-state index in [0.717, 1.165) is 16.8 Å². The predicted octanol–water partition coefficient (Wildman–Crippen LogP) is 5.82. The standard InChI is InChI=1S/C26H19ClN6O3S/c27-20-11-9-19(10-12-20)24-14-22(18-6-2-1-3-7-18)31-32(24)26-29-23(16-37-26)25(34)30-28-15-17-5-4-8-21(13-17)33(35)36/h1-13,15-16,24H,14H2,(H,30,34)/b28-15+. The van der Waals surface area contributed by atoms with Crippen LogP contribution in [0.25, 0.3) is 0 Å². The SMILES string of the molecule is O=C(N/N=C/c1cccc([N+](=O)[O-])c1)c1csc(N2N=C(c3ccccc3)CC2c2ccc(Cl)cc2)n1. The molecule has 184 valence electrons. The summed E-state index contributed by atoms with van der Waals surface area (Å²) < 4.78 is 0. The van der Waals surface area contributed by atoms with Crippen molar-refractivity contribution < 1.29 is 9.72 Å². The van der Waals surface area contributed by atoms with E-state index in [-0.39, 0.29) is 17.4 Å². The largest absolute Gasteiger partial charge is 0.290 e. The Hall–Kier alpha value is -4.41. The van der Waals surface area contributed by atoms with Crippen molar-refractivity contribution in [1.29, 1.82) is 0 Å². The molecule has 2 heterocycles. The molecule has 0 aliphatic carbocycles. The van der Waals surface area contributed by atoms with Crippen molar-refractivity contribution in [3.63, 3.8) is 0 Å². The number of amides is 1. The molecule has 1 amide bonds. The van der Waals surface area contributed by atoms with Gasteiger partial charge in [-0.25, -0.2) is 15.4 Å². The van der Waals surface area contributed by atoms with Gasteiger partial charge in [0.2, 0.25) is 5.13 Å². The topological polar surface area (TPSA) is 113 Å². The summed E-state index contributed by atoms with van der Waals surface area (Å²) in [6, 6.07) is 23.4. The molecular weight excluding hydrogens is 512 g/mol. The molecule has 1 aliphatic heterocycles. The molecule has 0 spiro atoms. The van der Waals surface area contributed by atoms with E-state index < -0.39 is 10.8 Å². The van der Waals surface area contributed by atoms with Crippen LogP contribution >= 0.6 is 22.9 Å². The highest BCUT2D eigenvalue weighted by atomic mass is 35.5. The first-order chi connectivity index (χ1) is 18.0. The third-order valence-electron chi connectivity index (χ3n) is 5.65. The Labute approximate surface area is 220 Å². The molecule has 9 nitrogen and oxygen atoms in total. The van der Waals surface area contributed by atoms with Crippen molar-refractivity contribution in [3.8, 4) is 0 Å². The summed E-state index contributed by atoms with van der Waals surface area (Å²) >= 11 is 7.40. The Morgan fingerprint density at radius 3 is 2.68 bits per heavy atom. The van der Waals surface area contributed by atoms with E-state index in [4.69, 9.17) is 16.7 Å². The molecule has 1 N–H and O–H groups in total. The normalized spacial score (nSPS) is 15.1. The van der Waals surface area contributed by atoms with Crippen LogP contribution in [0.1, 0.15) is 39.6 Å². The van der Waals surface area contributed by atoms with Crippen LogP contribution in [0, 0.1) is 10.1 Å². The smallest absolute Gasteiger partial charge is 0.266 e. The first-order valence-corrected chi connectivity index (χ1v) is 12.4. The van der Waals surface area contributed by atoms with Gasteiger partial charge < -0.3 is 0 Å². The number of anilines is 1. The summed E-state index contributed by atoms with van der Waals surface area (Å²) in [7, 11) is 0. The van der Waals surface area contributed by atoms with Crippen molar-refractivity contribution in [2.75, 3.05) is 5.01 Å². The lowest BCUT2D eigenvalue weighted by Crippen LogP contribution is -2.20. The van der Waals surface area contributed by atoms with E-state index >= 15 is 0 Å². The third kappa shape index (κ3) is 5.55. The van der Waals surface area contributed by atoms with Gasteiger partial charge in [0.1, 0.15) is 5.69 Å². The first kappa shape index (κ1) is 24.3. The number of nitrogens with one attached hydrogen (secondary N) is 1. The molecule has 0 saturated carbocycles. The Morgan fingerprint density at radius 1 is 1.14 bits per heavy atom. The summed E-state index contributed by atoms with van der Waals surface area (Å²) in [6.45, 7) is 0. The Balaban J connectivity index is 1.35. The maximum atomic E-state index is 12.7. The molecule has 0 saturated heterocycles. The Kier molecular flexibility index (Phi) is 7.02. The zero-order valence-electron chi connectivity index (χ0n) is 19.2. The van der Waals surface area contributed by atoms with Gasteiger partial charge in [-0.3, -0.25) is 14.9 Å². The number of nitro groups is 1. The second kappa shape index (κ2) is 10.7. The van der Waals surface area contributed by atoms with Gasteiger partial charge in [0.05, 0.1) is 22.9 Å². The number of aromatic nitrogens is 1. The number of carbonyl (C=O) groups is 1. The molecule has 4 aromatic rings. The summed E-state index contributed by atoms with van der Waals surface area (Å²) in [6.07, 6.45) is 2.01. The zero-order valence-corrected chi connectivity index (χ0v) is 20.8. The van der Waals surface area contributed by atoms with Crippen LogP contribution < -0.4 is 10.4 Å². The average Bonchev–Trinajstić information content (AvgIpc) is 3.58. The minimum atomic E-state index is -0.501. The fourth-order valence-electron chi connectivity index (χ4n) is 3.85. The quantitative estimate of drug-likeness (QED) is 0.184. The second-order valence-corrected chi connectivity index (χ2v) is 9.37. The van der Waals surface area contributed by atoms with E-state index in [9.17, 15) is 14.9 Å². The fourth-order valence-corrected chi connectivity index (χ4v) is 4.78. The number of nitro benzene ring substituents is 1. The predicted molar refractivity (Wildman–Crippen MR) is 145 cm³/mol. The van der Waals surface area contributed by atoms with Gasteiger partial charge in [0.25, 0.3) is 11.6 Å². The molecule has 37 heavy (non-hydrogen) atoms. The number of thiazole rings is 1. The van der Waals surface area contributed by atoms with Crippen molar-refractivity contribution in [2.45, 2.75) is 12.5 Å². The third-order valence-corrected chi connectivity index (χ3v) is 6.74. The minimum absolute atomic E-state index is 0.0595. The van der Waals surface area contributed by atoms with Crippen molar-refractivity contribution >= 4 is 51.6 Å². The number of hydrazone groups is 2. The zero-order chi connectivity index (χ0) is 25.8. The van der Waals surface area contributed by atoms with E-state index in [1.54, 1.807) is 17.5 Å². The van der Waals surface area contributed by atoms with Gasteiger partial charge in [0, 0.05) is 34.5 Å². The lowest BCUT2D eigenvalue weighted by molar-refractivity contribution is -0.384. The number of halogens is 1. The van der Waals surface area contributed by atoms with Crippen LogP contribution in [-0.2, 0) is 0 Å². The molecule has 0 bridgehead atoms. The molecule has 1 aromatic heterocycles. The molecule has 5 rings (SSSR count). The molecule has 3 aromatic carbocycles. The van der Waals surface area contributed by atoms with E-state index in [0.29, 0.717) is 22.1 Å². The number of carbonyl (C=O) groups excluding carboxylic acids is 1. The van der Waals surface area contributed by atoms with Crippen LogP contribution in [-0.4, -0.2) is 27.7 Å². The van der Waals surface area contributed by atoms with Crippen molar-refractivity contribution in [2.24, 2.45) is 10.2 Å². The summed E-state index contributed by atoms with van der Waals surface area (Å²) in [5.41, 5.74) is 6.01. The molecular formula is C26H19ClN6O3S. The molecule has 11 heteroatoms. The Morgan fingerprint density at radius 2 is 1.92 bits per heavy atom.